The highest BCUT2D eigenvalue weighted by atomic mass is 16.6. The van der Waals surface area contributed by atoms with E-state index in [-0.39, 0.29) is 18.0 Å². The summed E-state index contributed by atoms with van der Waals surface area (Å²) in [7, 11) is 0. The van der Waals surface area contributed by atoms with Crippen LogP contribution in [0.1, 0.15) is 46.0 Å². The van der Waals surface area contributed by atoms with Gasteiger partial charge >= 0.3 is 5.97 Å². The van der Waals surface area contributed by atoms with Gasteiger partial charge < -0.3 is 4.74 Å². The van der Waals surface area contributed by atoms with Gasteiger partial charge in [0.2, 0.25) is 0 Å². The monoisotopic (exact) mass is 170 g/mol. The predicted octanol–water partition coefficient (Wildman–Crippen LogP) is 2.52. The Morgan fingerprint density at radius 2 is 2.08 bits per heavy atom. The Balaban J connectivity index is 2.03. The lowest BCUT2D eigenvalue weighted by Crippen LogP contribution is -2.42. The van der Waals surface area contributed by atoms with Crippen LogP contribution in [0.15, 0.2) is 0 Å². The molecule has 70 valence electrons. The van der Waals surface area contributed by atoms with Crippen LogP contribution in [0.5, 0.6) is 0 Å². The van der Waals surface area contributed by atoms with Crippen molar-refractivity contribution in [2.24, 2.45) is 5.92 Å². The number of cyclic esters (lactones) is 1. The van der Waals surface area contributed by atoms with Gasteiger partial charge in [-0.15, -0.1) is 0 Å². The average molecular weight is 170 g/mol. The van der Waals surface area contributed by atoms with E-state index in [0.717, 1.165) is 6.42 Å². The molecule has 0 spiro atoms. The highest BCUT2D eigenvalue weighted by Crippen LogP contribution is 2.26. The molecule has 1 rings (SSSR count). The van der Waals surface area contributed by atoms with Gasteiger partial charge in [-0.1, -0.05) is 32.6 Å². The predicted molar refractivity (Wildman–Crippen MR) is 47.8 cm³/mol. The molecule has 1 saturated heterocycles. The van der Waals surface area contributed by atoms with E-state index in [1.54, 1.807) is 0 Å². The van der Waals surface area contributed by atoms with Crippen molar-refractivity contribution >= 4 is 5.97 Å². The molecule has 1 heterocycles. The van der Waals surface area contributed by atoms with Gasteiger partial charge in [-0.05, 0) is 13.3 Å². The molecule has 0 aromatic rings. The molecule has 0 bridgehead atoms. The molecule has 2 atom stereocenters. The molecule has 12 heavy (non-hydrogen) atoms. The first-order valence-corrected chi connectivity index (χ1v) is 4.96. The van der Waals surface area contributed by atoms with Gasteiger partial charge in [0, 0.05) is 0 Å². The normalized spacial score (nSPS) is 28.0. The second-order valence-corrected chi connectivity index (χ2v) is 3.60. The minimum absolute atomic E-state index is 0.0130. The Bertz CT molecular complexity index is 154. The highest BCUT2D eigenvalue weighted by molar-refractivity contribution is 5.78. The summed E-state index contributed by atoms with van der Waals surface area (Å²) < 4.78 is 4.87. The van der Waals surface area contributed by atoms with Crippen molar-refractivity contribution < 1.29 is 9.53 Å². The Morgan fingerprint density at radius 3 is 2.58 bits per heavy atom. The summed E-state index contributed by atoms with van der Waals surface area (Å²) in [5.74, 6) is 0.223. The minimum Gasteiger partial charge on any atom is -0.461 e. The van der Waals surface area contributed by atoms with E-state index in [4.69, 9.17) is 4.74 Å². The van der Waals surface area contributed by atoms with Crippen LogP contribution in [0.2, 0.25) is 0 Å². The van der Waals surface area contributed by atoms with Crippen molar-refractivity contribution in [1.82, 2.24) is 0 Å². The molecule has 0 aliphatic carbocycles. The minimum atomic E-state index is 0.0130. The van der Waals surface area contributed by atoms with Gasteiger partial charge in [0.1, 0.15) is 6.10 Å². The third-order valence-corrected chi connectivity index (χ3v) is 2.54. The van der Waals surface area contributed by atoms with Gasteiger partial charge in [0.15, 0.2) is 0 Å². The van der Waals surface area contributed by atoms with Crippen LogP contribution < -0.4 is 0 Å². The van der Waals surface area contributed by atoms with Gasteiger partial charge in [0.05, 0.1) is 5.92 Å². The molecule has 0 N–H and O–H groups in total. The van der Waals surface area contributed by atoms with E-state index in [2.05, 4.69) is 6.92 Å². The molecular formula is C10H18O2. The van der Waals surface area contributed by atoms with Crippen molar-refractivity contribution in [1.29, 1.82) is 0 Å². The Labute approximate surface area is 74.3 Å². The van der Waals surface area contributed by atoms with Crippen LogP contribution in [0.25, 0.3) is 0 Å². The fraction of sp³-hybridized carbons (Fsp3) is 0.900. The molecule has 2 nitrogen and oxygen atoms in total. The smallest absolute Gasteiger partial charge is 0.312 e. The number of esters is 1. The number of carbonyl (C=O) groups is 1. The van der Waals surface area contributed by atoms with Crippen LogP contribution in [0, 0.1) is 5.92 Å². The molecular weight excluding hydrogens is 152 g/mol. The maximum Gasteiger partial charge on any atom is 0.312 e. The van der Waals surface area contributed by atoms with Gasteiger partial charge in [-0.25, -0.2) is 0 Å². The van der Waals surface area contributed by atoms with Crippen LogP contribution in [-0.4, -0.2) is 12.1 Å². The summed E-state index contributed by atoms with van der Waals surface area (Å²) in [5.41, 5.74) is 0. The SMILES string of the molecule is CCCCCC[C@@H]1C(=O)O[C@H]1C. The number of hydrogen-bond acceptors (Lipinski definition) is 2. The number of carbonyl (C=O) groups excluding carboxylic acids is 1. The lowest BCUT2D eigenvalue weighted by atomic mass is 9.92. The third kappa shape index (κ3) is 2.23. The summed E-state index contributed by atoms with van der Waals surface area (Å²) in [6, 6.07) is 0. The topological polar surface area (TPSA) is 26.3 Å². The van der Waals surface area contributed by atoms with E-state index in [9.17, 15) is 4.79 Å². The number of rotatable bonds is 5. The van der Waals surface area contributed by atoms with Gasteiger partial charge in [0.25, 0.3) is 0 Å². The second kappa shape index (κ2) is 4.48. The number of ether oxygens (including phenoxy) is 1. The summed E-state index contributed by atoms with van der Waals surface area (Å²) in [5, 5.41) is 0. The van der Waals surface area contributed by atoms with Crippen LogP contribution in [-0.2, 0) is 9.53 Å². The van der Waals surface area contributed by atoms with Crippen molar-refractivity contribution in [3.63, 3.8) is 0 Å². The first-order valence-electron chi connectivity index (χ1n) is 4.96. The quantitative estimate of drug-likeness (QED) is 0.468. The lowest BCUT2D eigenvalue weighted by Gasteiger charge is -2.32. The lowest BCUT2D eigenvalue weighted by molar-refractivity contribution is -0.182. The van der Waals surface area contributed by atoms with E-state index in [0.29, 0.717) is 0 Å². The molecule has 1 aliphatic heterocycles. The maximum absolute atomic E-state index is 10.9. The van der Waals surface area contributed by atoms with Crippen molar-refractivity contribution in [2.75, 3.05) is 0 Å². The average Bonchev–Trinajstić information content (AvgIpc) is 2.04. The number of unbranched alkanes of at least 4 members (excludes halogenated alkanes) is 3. The van der Waals surface area contributed by atoms with Gasteiger partial charge in [-0.2, -0.15) is 0 Å². The maximum atomic E-state index is 10.9. The molecule has 1 aliphatic rings. The second-order valence-electron chi connectivity index (χ2n) is 3.60. The molecule has 0 radical (unpaired) electrons. The Hall–Kier alpha value is -0.530. The van der Waals surface area contributed by atoms with Crippen LogP contribution in [0.4, 0.5) is 0 Å². The summed E-state index contributed by atoms with van der Waals surface area (Å²) >= 11 is 0. The van der Waals surface area contributed by atoms with E-state index in [1.807, 2.05) is 6.92 Å². The van der Waals surface area contributed by atoms with E-state index >= 15 is 0 Å². The Morgan fingerprint density at radius 1 is 1.33 bits per heavy atom. The van der Waals surface area contributed by atoms with Crippen LogP contribution in [0.3, 0.4) is 0 Å². The van der Waals surface area contributed by atoms with Crippen molar-refractivity contribution in [3.8, 4) is 0 Å². The first kappa shape index (κ1) is 9.56. The third-order valence-electron chi connectivity index (χ3n) is 2.54. The zero-order valence-electron chi connectivity index (χ0n) is 8.01. The molecule has 0 amide bonds. The molecule has 2 heteroatoms. The molecule has 0 aromatic carbocycles. The van der Waals surface area contributed by atoms with Gasteiger partial charge in [-0.3, -0.25) is 4.79 Å². The van der Waals surface area contributed by atoms with Crippen LogP contribution >= 0.6 is 0 Å². The summed E-state index contributed by atoms with van der Waals surface area (Å²) in [6.07, 6.45) is 6.19. The molecule has 0 unspecified atom stereocenters. The zero-order chi connectivity index (χ0) is 8.97. The largest absolute Gasteiger partial charge is 0.461 e. The fourth-order valence-electron chi connectivity index (χ4n) is 1.62. The van der Waals surface area contributed by atoms with Crippen molar-refractivity contribution in [2.45, 2.75) is 52.1 Å². The fourth-order valence-corrected chi connectivity index (χ4v) is 1.62. The Kier molecular flexibility index (Phi) is 3.57. The zero-order valence-corrected chi connectivity index (χ0v) is 8.01. The van der Waals surface area contributed by atoms with Crippen molar-refractivity contribution in [3.05, 3.63) is 0 Å². The molecule has 1 fully saturated rings. The summed E-state index contributed by atoms with van der Waals surface area (Å²) in [4.78, 5) is 10.9. The van der Waals surface area contributed by atoms with E-state index < -0.39 is 0 Å². The molecule has 0 saturated carbocycles. The number of hydrogen-bond donors (Lipinski definition) is 0. The van der Waals surface area contributed by atoms with E-state index in [1.165, 1.54) is 25.7 Å². The molecule has 0 aromatic heterocycles. The first-order chi connectivity index (χ1) is 5.75. The highest BCUT2D eigenvalue weighted by Gasteiger charge is 2.37. The summed E-state index contributed by atoms with van der Waals surface area (Å²) in [6.45, 7) is 4.17. The standard InChI is InChI=1S/C10H18O2/c1-3-4-5-6-7-9-8(2)12-10(9)11/h8-9H,3-7H2,1-2H3/t8-,9-/m0/s1.